The molecule has 36 heavy (non-hydrogen) atoms. The topological polar surface area (TPSA) is 93.1 Å². The molecule has 1 atom stereocenters. The Kier molecular flexibility index (Phi) is 8.22. The molecule has 1 amide bonds. The van der Waals surface area contributed by atoms with Gasteiger partial charge in [-0.3, -0.25) is 9.78 Å². The van der Waals surface area contributed by atoms with Crippen molar-refractivity contribution in [2.24, 2.45) is 4.99 Å². The number of pyridine rings is 1. The Hall–Kier alpha value is -3.43. The maximum atomic E-state index is 13.3. The number of thioether (sulfide) groups is 1. The van der Waals surface area contributed by atoms with E-state index < -0.39 is 12.0 Å². The van der Waals surface area contributed by atoms with Crippen LogP contribution in [-0.4, -0.2) is 47.3 Å². The number of nitrogens with zero attached hydrogens (tertiary/aromatic N) is 3. The Balaban J connectivity index is 1.62. The minimum Gasteiger partial charge on any atom is -0.460 e. The van der Waals surface area contributed by atoms with E-state index in [1.54, 1.807) is 19.5 Å². The molecule has 2 aliphatic rings. The van der Waals surface area contributed by atoms with Gasteiger partial charge in [-0.25, -0.2) is 9.79 Å². The number of ether oxygens (including phenoxy) is 2. The number of aromatic nitrogens is 1. The summed E-state index contributed by atoms with van der Waals surface area (Å²) in [6.07, 6.45) is 3.58. The van der Waals surface area contributed by atoms with Crippen LogP contribution >= 0.6 is 11.8 Å². The van der Waals surface area contributed by atoms with Gasteiger partial charge in [-0.15, -0.1) is 0 Å². The zero-order valence-corrected chi connectivity index (χ0v) is 21.7. The predicted molar refractivity (Wildman–Crippen MR) is 140 cm³/mol. The minimum atomic E-state index is -0.458. The summed E-state index contributed by atoms with van der Waals surface area (Å²) in [4.78, 5) is 37.0. The summed E-state index contributed by atoms with van der Waals surface area (Å²) >= 11 is 1.45. The van der Waals surface area contributed by atoms with Crippen molar-refractivity contribution in [3.05, 3.63) is 87.4 Å². The van der Waals surface area contributed by atoms with Crippen LogP contribution in [0.4, 0.5) is 0 Å². The Morgan fingerprint density at radius 1 is 1.17 bits per heavy atom. The lowest BCUT2D eigenvalue weighted by atomic mass is 9.90. The molecule has 1 aromatic heterocycles. The monoisotopic (exact) mass is 506 g/mol. The number of amidine groups is 1. The van der Waals surface area contributed by atoms with Gasteiger partial charge < -0.3 is 19.7 Å². The number of methoxy groups -OCH3 is 1. The van der Waals surface area contributed by atoms with Gasteiger partial charge in [0.15, 0.2) is 5.17 Å². The molecule has 1 N–H and O–H groups in total. The number of hydrogen-bond donors (Lipinski definition) is 1. The van der Waals surface area contributed by atoms with Crippen molar-refractivity contribution in [1.82, 2.24) is 15.2 Å². The molecule has 188 valence electrons. The molecule has 0 fully saturated rings. The lowest BCUT2D eigenvalue weighted by molar-refractivity contribution is -0.141. The summed E-state index contributed by atoms with van der Waals surface area (Å²) in [6, 6.07) is 9.46. The number of aryl methyl sites for hydroxylation is 2. The van der Waals surface area contributed by atoms with Gasteiger partial charge in [-0.1, -0.05) is 41.6 Å². The SMILES string of the molecule is COCCOC(=O)C1=C(C)N=C2SC=C(CC(=O)NCc3cccnc3)N2[C@H]1c1ccc(C)cc1C. The van der Waals surface area contributed by atoms with Crippen LogP contribution in [-0.2, 0) is 25.6 Å². The molecule has 3 heterocycles. The number of esters is 1. The average Bonchev–Trinajstić information content (AvgIpc) is 3.24. The summed E-state index contributed by atoms with van der Waals surface area (Å²) in [6.45, 7) is 6.75. The summed E-state index contributed by atoms with van der Waals surface area (Å²) in [5.41, 5.74) is 5.93. The lowest BCUT2D eigenvalue weighted by Gasteiger charge is -2.37. The van der Waals surface area contributed by atoms with Crippen LogP contribution in [0.25, 0.3) is 0 Å². The van der Waals surface area contributed by atoms with Gasteiger partial charge in [0.05, 0.1) is 30.3 Å². The summed E-state index contributed by atoms with van der Waals surface area (Å²) < 4.78 is 10.6. The van der Waals surface area contributed by atoms with Gasteiger partial charge in [0, 0.05) is 31.7 Å². The van der Waals surface area contributed by atoms with Crippen molar-refractivity contribution in [1.29, 1.82) is 0 Å². The number of benzene rings is 1. The molecule has 0 spiro atoms. The van der Waals surface area contributed by atoms with E-state index in [1.165, 1.54) is 11.8 Å². The molecule has 8 nitrogen and oxygen atoms in total. The zero-order valence-electron chi connectivity index (χ0n) is 20.9. The van der Waals surface area contributed by atoms with E-state index in [0.717, 1.165) is 33.1 Å². The number of amides is 1. The highest BCUT2D eigenvalue weighted by Crippen LogP contribution is 2.45. The Labute approximate surface area is 215 Å². The molecule has 0 unspecified atom stereocenters. The van der Waals surface area contributed by atoms with Crippen molar-refractivity contribution in [2.75, 3.05) is 20.3 Å². The molecule has 2 aromatic rings. The molecular formula is C27H30N4O4S. The first-order valence-electron chi connectivity index (χ1n) is 11.7. The molecule has 0 bridgehead atoms. The average molecular weight is 507 g/mol. The Morgan fingerprint density at radius 3 is 2.72 bits per heavy atom. The first kappa shape index (κ1) is 25.7. The van der Waals surface area contributed by atoms with Gasteiger partial charge >= 0.3 is 5.97 Å². The number of fused-ring (bicyclic) bond motifs is 1. The number of carbonyl (C=O) groups excluding carboxylic acids is 2. The molecule has 0 saturated carbocycles. The van der Waals surface area contributed by atoms with E-state index in [9.17, 15) is 9.59 Å². The van der Waals surface area contributed by atoms with Crippen molar-refractivity contribution < 1.29 is 19.1 Å². The first-order valence-corrected chi connectivity index (χ1v) is 12.6. The fraction of sp³-hybridized carbons (Fsp3) is 0.333. The Morgan fingerprint density at radius 2 is 2.00 bits per heavy atom. The van der Waals surface area contributed by atoms with Gasteiger partial charge in [0.25, 0.3) is 0 Å². The highest BCUT2D eigenvalue weighted by Gasteiger charge is 2.41. The number of aliphatic imine (C=N–C) groups is 1. The van der Waals surface area contributed by atoms with Crippen molar-refractivity contribution in [2.45, 2.75) is 39.8 Å². The van der Waals surface area contributed by atoms with E-state index in [4.69, 9.17) is 14.5 Å². The van der Waals surface area contributed by atoms with Gasteiger partial charge in [-0.2, -0.15) is 0 Å². The fourth-order valence-electron chi connectivity index (χ4n) is 4.28. The maximum absolute atomic E-state index is 13.3. The summed E-state index contributed by atoms with van der Waals surface area (Å²) in [5.74, 6) is -0.559. The van der Waals surface area contributed by atoms with Crippen LogP contribution < -0.4 is 5.32 Å². The third kappa shape index (κ3) is 5.68. The zero-order chi connectivity index (χ0) is 25.7. The predicted octanol–water partition coefficient (Wildman–Crippen LogP) is 4.17. The molecule has 4 rings (SSSR count). The number of allylic oxidation sites excluding steroid dienone is 1. The van der Waals surface area contributed by atoms with E-state index in [0.29, 0.717) is 24.4 Å². The lowest BCUT2D eigenvalue weighted by Crippen LogP contribution is -2.38. The largest absolute Gasteiger partial charge is 0.460 e. The normalized spacial score (nSPS) is 16.9. The molecule has 9 heteroatoms. The number of carbonyl (C=O) groups is 2. The molecule has 2 aliphatic heterocycles. The third-order valence-electron chi connectivity index (χ3n) is 6.02. The minimum absolute atomic E-state index is 0.123. The summed E-state index contributed by atoms with van der Waals surface area (Å²) in [7, 11) is 1.56. The van der Waals surface area contributed by atoms with E-state index >= 15 is 0 Å². The number of hydrogen-bond acceptors (Lipinski definition) is 8. The quantitative estimate of drug-likeness (QED) is 0.403. The van der Waals surface area contributed by atoms with E-state index in [1.807, 2.05) is 55.3 Å². The first-order chi connectivity index (χ1) is 17.4. The standard InChI is InChI=1S/C27H30N4O4S/c1-17-7-8-22(18(2)12-17)25-24(26(33)35-11-10-34-4)19(3)30-27-31(25)21(16-36-27)13-23(32)29-15-20-6-5-9-28-14-20/h5-9,12,14,16,25H,10-11,13,15H2,1-4H3,(H,29,32)/t25-/m0/s1. The number of nitrogens with one attached hydrogen (secondary N) is 1. The summed E-state index contributed by atoms with van der Waals surface area (Å²) in [5, 5.41) is 5.63. The fourth-order valence-corrected chi connectivity index (χ4v) is 5.25. The maximum Gasteiger partial charge on any atom is 0.338 e. The highest BCUT2D eigenvalue weighted by atomic mass is 32.2. The second kappa shape index (κ2) is 11.5. The number of rotatable bonds is 9. The van der Waals surface area contributed by atoms with Gasteiger partial charge in [-0.05, 0) is 48.9 Å². The molecular weight excluding hydrogens is 476 g/mol. The molecule has 0 saturated heterocycles. The van der Waals surface area contributed by atoms with Crippen LogP contribution in [0.3, 0.4) is 0 Å². The molecule has 1 aromatic carbocycles. The van der Waals surface area contributed by atoms with Crippen LogP contribution in [0.2, 0.25) is 0 Å². The van der Waals surface area contributed by atoms with Crippen LogP contribution in [0, 0.1) is 13.8 Å². The van der Waals surface area contributed by atoms with Crippen LogP contribution in [0.5, 0.6) is 0 Å². The molecule has 0 radical (unpaired) electrons. The Bertz CT molecular complexity index is 1240. The van der Waals surface area contributed by atoms with E-state index in [-0.39, 0.29) is 18.9 Å². The van der Waals surface area contributed by atoms with Gasteiger partial charge in [0.2, 0.25) is 5.91 Å². The molecule has 0 aliphatic carbocycles. The second-order valence-corrected chi connectivity index (χ2v) is 9.53. The van der Waals surface area contributed by atoms with E-state index in [2.05, 4.69) is 16.4 Å². The van der Waals surface area contributed by atoms with Crippen LogP contribution in [0.15, 0.2) is 70.1 Å². The van der Waals surface area contributed by atoms with Crippen molar-refractivity contribution in [3.63, 3.8) is 0 Å². The smallest absolute Gasteiger partial charge is 0.338 e. The van der Waals surface area contributed by atoms with Gasteiger partial charge in [0.1, 0.15) is 6.61 Å². The third-order valence-corrected chi connectivity index (χ3v) is 6.90. The van der Waals surface area contributed by atoms with Crippen molar-refractivity contribution in [3.8, 4) is 0 Å². The highest BCUT2D eigenvalue weighted by molar-refractivity contribution is 8.16. The van der Waals surface area contributed by atoms with Crippen LogP contribution in [0.1, 0.15) is 41.6 Å². The second-order valence-electron chi connectivity index (χ2n) is 8.70. The van der Waals surface area contributed by atoms with Crippen molar-refractivity contribution >= 4 is 28.8 Å².